The number of pyridine rings is 1. The first-order valence-electron chi connectivity index (χ1n) is 9.61. The van der Waals surface area contributed by atoms with Crippen LogP contribution in [0.5, 0.6) is 0 Å². The topological polar surface area (TPSA) is 90.0 Å². The molecule has 0 aromatic carbocycles. The van der Waals surface area contributed by atoms with Gasteiger partial charge in [0.25, 0.3) is 5.91 Å². The molecule has 5 rings (SSSR count). The smallest absolute Gasteiger partial charge is 0.261 e. The number of H-pyrrole nitrogens is 1. The van der Waals surface area contributed by atoms with Crippen LogP contribution < -0.4 is 10.6 Å². The number of nitrogens with one attached hydrogen (secondary N) is 3. The lowest BCUT2D eigenvalue weighted by molar-refractivity contribution is 0.0900. The second-order valence-electron chi connectivity index (χ2n) is 7.68. The molecule has 0 spiro atoms. The first-order valence-corrected chi connectivity index (χ1v) is 10.5. The molecule has 4 N–H and O–H groups in total. The largest absolute Gasteiger partial charge is 0.391 e. The van der Waals surface area contributed by atoms with E-state index in [1.807, 2.05) is 17.6 Å². The van der Waals surface area contributed by atoms with Gasteiger partial charge in [0.2, 0.25) is 0 Å². The summed E-state index contributed by atoms with van der Waals surface area (Å²) in [4.78, 5) is 20.9. The third kappa shape index (κ3) is 3.43. The molecule has 0 unspecified atom stereocenters. The Balaban J connectivity index is 1.36. The van der Waals surface area contributed by atoms with E-state index in [-0.39, 0.29) is 5.91 Å². The number of hydrogen-bond acceptors (Lipinski definition) is 5. The van der Waals surface area contributed by atoms with Gasteiger partial charge in [0.15, 0.2) is 0 Å². The summed E-state index contributed by atoms with van der Waals surface area (Å²) in [7, 11) is 0. The Morgan fingerprint density at radius 2 is 2.18 bits per heavy atom. The van der Waals surface area contributed by atoms with E-state index in [0.29, 0.717) is 11.4 Å². The van der Waals surface area contributed by atoms with Crippen molar-refractivity contribution in [3.63, 3.8) is 0 Å². The van der Waals surface area contributed by atoms with Gasteiger partial charge < -0.3 is 20.7 Å². The number of thiophene rings is 1. The number of rotatable bonds is 5. The van der Waals surface area contributed by atoms with Gasteiger partial charge in [-0.05, 0) is 60.4 Å². The molecule has 0 atom stereocenters. The number of carbonyl (C=O) groups excluding carboxylic acids is 1. The summed E-state index contributed by atoms with van der Waals surface area (Å²) in [6, 6.07) is 6.14. The third-order valence-electron chi connectivity index (χ3n) is 5.42. The second kappa shape index (κ2) is 6.76. The number of amides is 1. The Kier molecular flexibility index (Phi) is 4.21. The van der Waals surface area contributed by atoms with Gasteiger partial charge in [0.05, 0.1) is 10.5 Å². The number of allylic oxidation sites excluding steroid dienone is 1. The Morgan fingerprint density at radius 1 is 1.29 bits per heavy atom. The Morgan fingerprint density at radius 3 is 2.96 bits per heavy atom. The normalized spacial score (nSPS) is 17.8. The van der Waals surface area contributed by atoms with Crippen molar-refractivity contribution in [2.45, 2.75) is 31.3 Å². The molecule has 7 heteroatoms. The molecule has 28 heavy (non-hydrogen) atoms. The van der Waals surface area contributed by atoms with Crippen LogP contribution in [-0.2, 0) is 0 Å². The average Bonchev–Trinajstić information content (AvgIpc) is 3.14. The van der Waals surface area contributed by atoms with E-state index in [0.717, 1.165) is 60.1 Å². The number of nitrogens with zero attached hydrogens (tertiary/aromatic N) is 1. The lowest BCUT2D eigenvalue weighted by Gasteiger charge is -2.12. The van der Waals surface area contributed by atoms with Gasteiger partial charge in [0.1, 0.15) is 5.65 Å². The highest BCUT2D eigenvalue weighted by molar-refractivity contribution is 7.12. The van der Waals surface area contributed by atoms with E-state index in [4.69, 9.17) is 0 Å². The lowest BCUT2D eigenvalue weighted by atomic mass is 10.1. The lowest BCUT2D eigenvalue weighted by Crippen LogP contribution is -2.32. The van der Waals surface area contributed by atoms with Crippen LogP contribution in [0.25, 0.3) is 27.7 Å². The van der Waals surface area contributed by atoms with Crippen LogP contribution in [0, 0.1) is 0 Å². The average molecular weight is 395 g/mol. The minimum Gasteiger partial charge on any atom is -0.391 e. The minimum atomic E-state index is -0.681. The van der Waals surface area contributed by atoms with Gasteiger partial charge in [-0.1, -0.05) is 0 Å². The van der Waals surface area contributed by atoms with Crippen LogP contribution in [0.2, 0.25) is 0 Å². The molecule has 1 fully saturated rings. The van der Waals surface area contributed by atoms with Gasteiger partial charge in [-0.15, -0.1) is 11.3 Å². The van der Waals surface area contributed by atoms with Crippen molar-refractivity contribution in [3.8, 4) is 11.1 Å². The number of aromatic nitrogens is 2. The molecule has 4 heterocycles. The molecule has 1 aliphatic heterocycles. The summed E-state index contributed by atoms with van der Waals surface area (Å²) in [5.41, 5.74) is 4.55. The van der Waals surface area contributed by atoms with Crippen molar-refractivity contribution >= 4 is 33.9 Å². The number of hydrogen-bond donors (Lipinski definition) is 4. The van der Waals surface area contributed by atoms with Gasteiger partial charge in [0, 0.05) is 42.1 Å². The molecular weight excluding hydrogens is 372 g/mol. The summed E-state index contributed by atoms with van der Waals surface area (Å²) in [6.45, 7) is 1.35. The molecule has 3 aromatic rings. The minimum absolute atomic E-state index is 0.133. The Hall–Kier alpha value is -2.64. The van der Waals surface area contributed by atoms with E-state index >= 15 is 0 Å². The summed E-state index contributed by atoms with van der Waals surface area (Å²) in [5, 5.41) is 19.0. The van der Waals surface area contributed by atoms with Crippen LogP contribution in [0.15, 0.2) is 36.0 Å². The van der Waals surface area contributed by atoms with Crippen molar-refractivity contribution in [1.82, 2.24) is 20.6 Å². The standard InChI is InChI=1S/C21H22N4O2S/c26-20(24-12-21(27)3-4-21)18-8-16(11-28-18)15-6-14-7-17(25-19(14)23-10-15)13-2-1-5-22-9-13/h6-11,22,27H,1-5,12H2,(H,23,25)(H,24,26). The fraction of sp³-hybridized carbons (Fsp3) is 0.333. The molecule has 2 aliphatic rings. The van der Waals surface area contributed by atoms with Crippen LogP contribution in [0.1, 0.15) is 41.0 Å². The highest BCUT2D eigenvalue weighted by Crippen LogP contribution is 2.34. The van der Waals surface area contributed by atoms with E-state index in [1.54, 1.807) is 0 Å². The summed E-state index contributed by atoms with van der Waals surface area (Å²) in [6.07, 6.45) is 7.65. The Bertz CT molecular complexity index is 1080. The number of fused-ring (bicyclic) bond motifs is 1. The summed E-state index contributed by atoms with van der Waals surface area (Å²) >= 11 is 1.41. The molecule has 0 radical (unpaired) electrons. The van der Waals surface area contributed by atoms with Crippen molar-refractivity contribution in [1.29, 1.82) is 0 Å². The zero-order chi connectivity index (χ0) is 19.1. The highest BCUT2D eigenvalue weighted by atomic mass is 32.1. The van der Waals surface area contributed by atoms with Gasteiger partial charge in [-0.25, -0.2) is 4.98 Å². The van der Waals surface area contributed by atoms with Crippen LogP contribution in [0.4, 0.5) is 0 Å². The zero-order valence-electron chi connectivity index (χ0n) is 15.4. The van der Waals surface area contributed by atoms with Gasteiger partial charge in [-0.2, -0.15) is 0 Å². The molecular formula is C21H22N4O2S. The first-order chi connectivity index (χ1) is 13.6. The predicted octanol–water partition coefficient (Wildman–Crippen LogP) is 3.27. The first kappa shape index (κ1) is 17.5. The van der Waals surface area contributed by atoms with Crippen LogP contribution in [0.3, 0.4) is 0 Å². The summed E-state index contributed by atoms with van der Waals surface area (Å²) < 4.78 is 0. The molecule has 1 saturated carbocycles. The molecule has 0 bridgehead atoms. The molecule has 6 nitrogen and oxygen atoms in total. The van der Waals surface area contributed by atoms with Gasteiger partial charge >= 0.3 is 0 Å². The molecule has 3 aromatic heterocycles. The number of carbonyl (C=O) groups is 1. The maximum atomic E-state index is 12.3. The van der Waals surface area contributed by atoms with Crippen LogP contribution in [-0.4, -0.2) is 39.7 Å². The van der Waals surface area contributed by atoms with E-state index in [2.05, 4.69) is 38.9 Å². The second-order valence-corrected chi connectivity index (χ2v) is 8.59. The zero-order valence-corrected chi connectivity index (χ0v) is 16.2. The molecule has 1 aliphatic carbocycles. The quantitative estimate of drug-likeness (QED) is 0.535. The molecule has 1 amide bonds. The van der Waals surface area contributed by atoms with Crippen LogP contribution >= 0.6 is 11.3 Å². The van der Waals surface area contributed by atoms with Gasteiger partial charge in [-0.3, -0.25) is 4.79 Å². The van der Waals surface area contributed by atoms with E-state index in [1.165, 1.54) is 16.9 Å². The predicted molar refractivity (Wildman–Crippen MR) is 111 cm³/mol. The fourth-order valence-corrected chi connectivity index (χ4v) is 4.30. The maximum Gasteiger partial charge on any atom is 0.261 e. The maximum absolute atomic E-state index is 12.3. The third-order valence-corrected chi connectivity index (χ3v) is 6.35. The fourth-order valence-electron chi connectivity index (χ4n) is 3.47. The number of aromatic amines is 1. The van der Waals surface area contributed by atoms with Crippen molar-refractivity contribution in [2.75, 3.05) is 13.1 Å². The van der Waals surface area contributed by atoms with Crippen molar-refractivity contribution < 1.29 is 9.90 Å². The van der Waals surface area contributed by atoms with Crippen molar-refractivity contribution in [2.24, 2.45) is 0 Å². The Labute approximate surface area is 166 Å². The van der Waals surface area contributed by atoms with Crippen molar-refractivity contribution in [3.05, 3.63) is 46.5 Å². The monoisotopic (exact) mass is 394 g/mol. The summed E-state index contributed by atoms with van der Waals surface area (Å²) in [5.74, 6) is -0.133. The molecule has 0 saturated heterocycles. The highest BCUT2D eigenvalue weighted by Gasteiger charge is 2.40. The molecule has 144 valence electrons. The van der Waals surface area contributed by atoms with E-state index in [9.17, 15) is 9.90 Å². The SMILES string of the molecule is O=C(NCC1(O)CC1)c1cc(-c2cnc3[nH]c(C4=CNCCC4)cc3c2)cs1. The number of aliphatic hydroxyl groups is 1. The van der Waals surface area contributed by atoms with E-state index < -0.39 is 5.60 Å².